The van der Waals surface area contributed by atoms with Crippen LogP contribution in [0.2, 0.25) is 0 Å². The van der Waals surface area contributed by atoms with Gasteiger partial charge >= 0.3 is 0 Å². The summed E-state index contributed by atoms with van der Waals surface area (Å²) < 4.78 is 1.89. The number of aromatic nitrogens is 1. The van der Waals surface area contributed by atoms with Crippen molar-refractivity contribution in [3.8, 4) is 6.07 Å². The zero-order chi connectivity index (χ0) is 14.8. The molecule has 0 saturated carbocycles. The molecule has 0 aliphatic heterocycles. The third-order valence-electron chi connectivity index (χ3n) is 3.59. The normalized spacial score (nSPS) is 10.5. The highest BCUT2D eigenvalue weighted by Crippen LogP contribution is 2.18. The van der Waals surface area contributed by atoms with Crippen LogP contribution in [0.3, 0.4) is 0 Å². The van der Waals surface area contributed by atoms with E-state index in [1.807, 2.05) is 60.2 Å². The Morgan fingerprint density at radius 1 is 1.14 bits per heavy atom. The fourth-order valence-corrected chi connectivity index (χ4v) is 2.38. The zero-order valence-electron chi connectivity index (χ0n) is 11.7. The molecule has 21 heavy (non-hydrogen) atoms. The maximum Gasteiger partial charge on any atom is 0.182 e. The van der Waals surface area contributed by atoms with Crippen molar-refractivity contribution in [1.82, 2.24) is 4.57 Å². The highest BCUT2D eigenvalue weighted by atomic mass is 16.1. The molecular weight excluding hydrogens is 260 g/mol. The highest BCUT2D eigenvalue weighted by molar-refractivity contribution is 5.97. The van der Waals surface area contributed by atoms with Gasteiger partial charge in [-0.3, -0.25) is 4.79 Å². The number of hydrogen-bond donors (Lipinski definition) is 0. The maximum absolute atomic E-state index is 12.3. The Labute approximate surface area is 123 Å². The topological polar surface area (TPSA) is 45.8 Å². The first-order valence-electron chi connectivity index (χ1n) is 6.76. The minimum absolute atomic E-state index is 0.0647. The first-order chi connectivity index (χ1) is 10.2. The van der Waals surface area contributed by atoms with Gasteiger partial charge in [-0.05, 0) is 30.5 Å². The molecule has 1 heterocycles. The van der Waals surface area contributed by atoms with Crippen LogP contribution in [0.1, 0.15) is 21.5 Å². The predicted molar refractivity (Wildman–Crippen MR) is 82.2 cm³/mol. The van der Waals surface area contributed by atoms with Crippen molar-refractivity contribution in [2.24, 2.45) is 0 Å². The van der Waals surface area contributed by atoms with Crippen molar-refractivity contribution in [3.05, 3.63) is 71.4 Å². The first kappa shape index (κ1) is 13.1. The molecule has 0 radical (unpaired) electrons. The van der Waals surface area contributed by atoms with Gasteiger partial charge in [0.05, 0.1) is 18.2 Å². The van der Waals surface area contributed by atoms with Crippen molar-refractivity contribution < 1.29 is 4.79 Å². The smallest absolute Gasteiger partial charge is 0.182 e. The lowest BCUT2D eigenvalue weighted by atomic mass is 10.1. The van der Waals surface area contributed by atoms with E-state index in [0.29, 0.717) is 11.1 Å². The summed E-state index contributed by atoms with van der Waals surface area (Å²) in [7, 11) is 0. The number of benzene rings is 2. The van der Waals surface area contributed by atoms with Gasteiger partial charge in [-0.25, -0.2) is 0 Å². The highest BCUT2D eigenvalue weighted by Gasteiger charge is 2.09. The van der Waals surface area contributed by atoms with Gasteiger partial charge in [-0.1, -0.05) is 35.9 Å². The lowest BCUT2D eigenvalue weighted by Crippen LogP contribution is -2.09. The van der Waals surface area contributed by atoms with E-state index in [1.54, 1.807) is 6.07 Å². The van der Waals surface area contributed by atoms with E-state index in [2.05, 4.69) is 6.07 Å². The van der Waals surface area contributed by atoms with Crippen LogP contribution in [-0.2, 0) is 6.54 Å². The Balaban J connectivity index is 1.93. The summed E-state index contributed by atoms with van der Waals surface area (Å²) in [5.74, 6) is 0.0647. The quantitative estimate of drug-likeness (QED) is 0.683. The molecule has 102 valence electrons. The van der Waals surface area contributed by atoms with Crippen molar-refractivity contribution in [2.45, 2.75) is 13.5 Å². The molecule has 0 N–H and O–H groups in total. The van der Waals surface area contributed by atoms with Crippen LogP contribution in [0.4, 0.5) is 0 Å². The Bertz CT molecular complexity index is 851. The van der Waals surface area contributed by atoms with Gasteiger partial charge in [0.2, 0.25) is 0 Å². The van der Waals surface area contributed by atoms with Gasteiger partial charge < -0.3 is 4.57 Å². The van der Waals surface area contributed by atoms with E-state index in [9.17, 15) is 4.79 Å². The molecule has 3 nitrogen and oxygen atoms in total. The summed E-state index contributed by atoms with van der Waals surface area (Å²) in [6.07, 6.45) is 1.89. The van der Waals surface area contributed by atoms with Crippen LogP contribution >= 0.6 is 0 Å². The molecule has 0 atom stereocenters. The summed E-state index contributed by atoms with van der Waals surface area (Å²) in [6, 6.07) is 17.2. The lowest BCUT2D eigenvalue weighted by molar-refractivity contribution is 0.0973. The van der Waals surface area contributed by atoms with E-state index in [0.717, 1.165) is 16.5 Å². The fourth-order valence-electron chi connectivity index (χ4n) is 2.38. The standard InChI is InChI=1S/C18H14N2O/c1-13-2-5-16(6-3-13)18(21)12-20-9-8-15-7-4-14(11-19)10-17(15)20/h2-10H,12H2,1H3. The minimum atomic E-state index is 0.0647. The van der Waals surface area contributed by atoms with Crippen molar-refractivity contribution in [3.63, 3.8) is 0 Å². The molecule has 3 heteroatoms. The molecule has 2 aromatic carbocycles. The Morgan fingerprint density at radius 3 is 2.62 bits per heavy atom. The Hall–Kier alpha value is -2.86. The molecule has 0 amide bonds. The van der Waals surface area contributed by atoms with Crippen LogP contribution in [0, 0.1) is 18.3 Å². The lowest BCUT2D eigenvalue weighted by Gasteiger charge is -2.05. The largest absolute Gasteiger partial charge is 0.340 e. The summed E-state index contributed by atoms with van der Waals surface area (Å²) >= 11 is 0. The van der Waals surface area contributed by atoms with Gasteiger partial charge in [-0.2, -0.15) is 5.26 Å². The Morgan fingerprint density at radius 2 is 1.90 bits per heavy atom. The van der Waals surface area contributed by atoms with Gasteiger partial charge in [0.1, 0.15) is 0 Å². The molecule has 1 aromatic heterocycles. The van der Waals surface area contributed by atoms with Gasteiger partial charge in [0, 0.05) is 17.3 Å². The van der Waals surface area contributed by atoms with Crippen molar-refractivity contribution >= 4 is 16.7 Å². The third kappa shape index (κ3) is 2.56. The number of aryl methyl sites for hydroxylation is 1. The minimum Gasteiger partial charge on any atom is -0.340 e. The van der Waals surface area contributed by atoms with Gasteiger partial charge in [0.25, 0.3) is 0 Å². The molecule has 0 aliphatic carbocycles. The number of nitrogens with zero attached hydrogens (tertiary/aromatic N) is 2. The molecule has 0 bridgehead atoms. The molecule has 0 saturated heterocycles. The van der Waals surface area contributed by atoms with Crippen molar-refractivity contribution in [2.75, 3.05) is 0 Å². The van der Waals surface area contributed by atoms with Crippen LogP contribution in [0.25, 0.3) is 10.9 Å². The second kappa shape index (κ2) is 5.26. The Kier molecular flexibility index (Phi) is 3.29. The molecule has 3 aromatic rings. The number of carbonyl (C=O) groups is 1. The predicted octanol–water partition coefficient (Wildman–Crippen LogP) is 3.70. The number of Topliss-reactive ketones (excluding diaryl/α,β-unsaturated/α-hetero) is 1. The van der Waals surface area contributed by atoms with Crippen LogP contribution in [0.15, 0.2) is 54.7 Å². The summed E-state index contributed by atoms with van der Waals surface area (Å²) in [4.78, 5) is 12.3. The number of ketones is 1. The van der Waals surface area contributed by atoms with Crippen LogP contribution in [-0.4, -0.2) is 10.4 Å². The van der Waals surface area contributed by atoms with E-state index < -0.39 is 0 Å². The number of hydrogen-bond acceptors (Lipinski definition) is 2. The second-order valence-electron chi connectivity index (χ2n) is 5.12. The number of carbonyl (C=O) groups excluding carboxylic acids is 1. The third-order valence-corrected chi connectivity index (χ3v) is 3.59. The van der Waals surface area contributed by atoms with Gasteiger partial charge in [0.15, 0.2) is 5.78 Å². The SMILES string of the molecule is Cc1ccc(C(=O)Cn2ccc3ccc(C#N)cc32)cc1. The van der Waals surface area contributed by atoms with Crippen LogP contribution in [0.5, 0.6) is 0 Å². The fraction of sp³-hybridized carbons (Fsp3) is 0.111. The van der Waals surface area contributed by atoms with Crippen molar-refractivity contribution in [1.29, 1.82) is 5.26 Å². The molecular formula is C18H14N2O. The van der Waals surface area contributed by atoms with E-state index in [1.165, 1.54) is 0 Å². The number of rotatable bonds is 3. The summed E-state index contributed by atoms with van der Waals surface area (Å²) in [5.41, 5.74) is 3.36. The molecule has 3 rings (SSSR count). The molecule has 0 fully saturated rings. The first-order valence-corrected chi connectivity index (χ1v) is 6.76. The average molecular weight is 274 g/mol. The van der Waals surface area contributed by atoms with Gasteiger partial charge in [-0.15, -0.1) is 0 Å². The van der Waals surface area contributed by atoms with E-state index in [4.69, 9.17) is 5.26 Å². The van der Waals surface area contributed by atoms with Crippen LogP contribution < -0.4 is 0 Å². The number of fused-ring (bicyclic) bond motifs is 1. The average Bonchev–Trinajstić information content (AvgIpc) is 2.90. The van der Waals surface area contributed by atoms with E-state index >= 15 is 0 Å². The summed E-state index contributed by atoms with van der Waals surface area (Å²) in [5, 5.41) is 10.0. The summed E-state index contributed by atoms with van der Waals surface area (Å²) in [6.45, 7) is 2.28. The number of nitriles is 1. The van der Waals surface area contributed by atoms with E-state index in [-0.39, 0.29) is 12.3 Å². The zero-order valence-corrected chi connectivity index (χ0v) is 11.7. The molecule has 0 unspecified atom stereocenters. The maximum atomic E-state index is 12.3. The molecule has 0 aliphatic rings. The monoisotopic (exact) mass is 274 g/mol. The molecule has 0 spiro atoms. The second-order valence-corrected chi connectivity index (χ2v) is 5.12.